The molecule has 0 fully saturated rings. The van der Waals surface area contributed by atoms with E-state index >= 15 is 0 Å². The molecule has 0 rings (SSSR count). The van der Waals surface area contributed by atoms with Crippen molar-refractivity contribution in [3.05, 3.63) is 0 Å². The zero-order valence-electron chi connectivity index (χ0n) is 7.94. The van der Waals surface area contributed by atoms with Crippen LogP contribution in [-0.4, -0.2) is 43.5 Å². The minimum atomic E-state index is -3.23. The van der Waals surface area contributed by atoms with Gasteiger partial charge in [0.05, 0.1) is 6.34 Å². The first-order chi connectivity index (χ1) is 6.08. The first-order valence-corrected chi connectivity index (χ1v) is 6.63. The van der Waals surface area contributed by atoms with Crippen molar-refractivity contribution in [1.82, 2.24) is 4.90 Å². The molecule has 0 bridgehead atoms. The second-order valence-electron chi connectivity index (χ2n) is 2.23. The van der Waals surface area contributed by atoms with E-state index in [1.807, 2.05) is 11.9 Å². The van der Waals surface area contributed by atoms with Crippen molar-refractivity contribution in [2.24, 2.45) is 4.76 Å². The molecule has 5 nitrogen and oxygen atoms in total. The first-order valence-electron chi connectivity index (χ1n) is 3.61. The largest absolute Gasteiger partial charge is 0.454 e. The molecule has 0 radical (unpaired) electrons. The molecule has 0 aliphatic heterocycles. The van der Waals surface area contributed by atoms with Crippen molar-refractivity contribution >= 4 is 36.7 Å². The number of hydrogen-bond acceptors (Lipinski definition) is 3. The van der Waals surface area contributed by atoms with Crippen molar-refractivity contribution in [1.29, 1.82) is 0 Å². The molecular weight excluding hydrogens is 306 g/mol. The molecule has 0 aromatic rings. The number of rotatable bonds is 6. The van der Waals surface area contributed by atoms with E-state index in [0.717, 1.165) is 11.0 Å². The van der Waals surface area contributed by atoms with Gasteiger partial charge in [0.2, 0.25) is 0 Å². The van der Waals surface area contributed by atoms with Crippen LogP contribution in [-0.2, 0) is 13.6 Å². The van der Waals surface area contributed by atoms with Crippen LogP contribution < -0.4 is 0 Å². The molecule has 0 N–H and O–H groups in total. The third-order valence-corrected chi connectivity index (χ3v) is 3.08. The maximum atomic E-state index is 11.4. The van der Waals surface area contributed by atoms with Gasteiger partial charge in [-0.05, 0) is 0 Å². The molecule has 0 aromatic heterocycles. The van der Waals surface area contributed by atoms with Crippen molar-refractivity contribution in [3.8, 4) is 0 Å². The average Bonchev–Trinajstić information content (AvgIpc) is 2.15. The maximum absolute atomic E-state index is 11.4. The normalized spacial score (nSPS) is 12.3. The Bertz CT molecular complexity index is 204. The SMILES string of the molecule is COP(=O)(/N=C\N(C)CCI)OC. The Balaban J connectivity index is 4.15. The Morgan fingerprint density at radius 3 is 2.46 bits per heavy atom. The van der Waals surface area contributed by atoms with Gasteiger partial charge in [-0.15, -0.1) is 0 Å². The van der Waals surface area contributed by atoms with Crippen LogP contribution in [0.25, 0.3) is 0 Å². The fraction of sp³-hybridized carbons (Fsp3) is 0.833. The Labute approximate surface area is 92.2 Å². The highest BCUT2D eigenvalue weighted by atomic mass is 127. The summed E-state index contributed by atoms with van der Waals surface area (Å²) in [5.41, 5.74) is 0. The lowest BCUT2D eigenvalue weighted by molar-refractivity contribution is 0.277. The number of nitrogens with zero attached hydrogens (tertiary/aromatic N) is 2. The quantitative estimate of drug-likeness (QED) is 0.246. The van der Waals surface area contributed by atoms with E-state index in [0.29, 0.717) is 0 Å². The standard InChI is InChI=1S/C6H14IN2O3P/c1-9(5-4-7)6-8-13(10,11-2)12-3/h6H,4-5H2,1-3H3/b8-6-. The van der Waals surface area contributed by atoms with Crippen LogP contribution in [0.4, 0.5) is 0 Å². The Kier molecular flexibility index (Phi) is 6.93. The monoisotopic (exact) mass is 320 g/mol. The van der Waals surface area contributed by atoms with Gasteiger partial charge < -0.3 is 4.90 Å². The van der Waals surface area contributed by atoms with E-state index in [1.54, 1.807) is 0 Å². The molecule has 0 amide bonds. The summed E-state index contributed by atoms with van der Waals surface area (Å²) in [6.45, 7) is 0.845. The van der Waals surface area contributed by atoms with Gasteiger partial charge in [0.15, 0.2) is 0 Å². The van der Waals surface area contributed by atoms with Crippen molar-refractivity contribution in [2.75, 3.05) is 32.2 Å². The summed E-state index contributed by atoms with van der Waals surface area (Å²) >= 11 is 2.25. The van der Waals surface area contributed by atoms with E-state index in [2.05, 4.69) is 36.4 Å². The molecular formula is C6H14IN2O3P. The second kappa shape index (κ2) is 6.75. The number of halogens is 1. The molecule has 0 aliphatic rings. The van der Waals surface area contributed by atoms with E-state index in [4.69, 9.17) is 0 Å². The maximum Gasteiger partial charge on any atom is 0.454 e. The Morgan fingerprint density at radius 1 is 1.54 bits per heavy atom. The lowest BCUT2D eigenvalue weighted by atomic mass is 10.7. The Hall–Kier alpha value is 0.350. The van der Waals surface area contributed by atoms with Crippen LogP contribution in [0, 0.1) is 0 Å². The summed E-state index contributed by atoms with van der Waals surface area (Å²) in [6, 6.07) is 0. The highest BCUT2D eigenvalue weighted by molar-refractivity contribution is 14.1. The molecule has 0 aliphatic carbocycles. The van der Waals surface area contributed by atoms with E-state index in [9.17, 15) is 4.57 Å². The van der Waals surface area contributed by atoms with E-state index in [1.165, 1.54) is 20.6 Å². The van der Waals surface area contributed by atoms with Gasteiger partial charge >= 0.3 is 7.75 Å². The minimum absolute atomic E-state index is 0.845. The number of alkyl halides is 1. The lowest BCUT2D eigenvalue weighted by Gasteiger charge is -2.12. The molecule has 0 spiro atoms. The highest BCUT2D eigenvalue weighted by Gasteiger charge is 2.18. The van der Waals surface area contributed by atoms with Gasteiger partial charge in [0, 0.05) is 32.2 Å². The molecule has 0 saturated carbocycles. The average molecular weight is 320 g/mol. The summed E-state index contributed by atoms with van der Waals surface area (Å²) in [7, 11) is 1.22. The molecule has 0 aromatic carbocycles. The van der Waals surface area contributed by atoms with Crippen molar-refractivity contribution < 1.29 is 13.6 Å². The highest BCUT2D eigenvalue weighted by Crippen LogP contribution is 2.47. The summed E-state index contributed by atoms with van der Waals surface area (Å²) < 4.78 is 25.3. The third kappa shape index (κ3) is 5.61. The van der Waals surface area contributed by atoms with E-state index in [-0.39, 0.29) is 0 Å². The predicted molar refractivity (Wildman–Crippen MR) is 61.6 cm³/mol. The van der Waals surface area contributed by atoms with Gasteiger partial charge in [-0.3, -0.25) is 9.05 Å². The molecule has 78 valence electrons. The van der Waals surface area contributed by atoms with Gasteiger partial charge in [0.25, 0.3) is 0 Å². The fourth-order valence-corrected chi connectivity index (χ4v) is 1.91. The molecule has 13 heavy (non-hydrogen) atoms. The van der Waals surface area contributed by atoms with Crippen LogP contribution in [0.2, 0.25) is 0 Å². The van der Waals surface area contributed by atoms with Crippen LogP contribution in [0.3, 0.4) is 0 Å². The summed E-state index contributed by atoms with van der Waals surface area (Å²) in [5.74, 6) is 0. The van der Waals surface area contributed by atoms with Gasteiger partial charge in [-0.25, -0.2) is 4.57 Å². The van der Waals surface area contributed by atoms with Gasteiger partial charge in [-0.2, -0.15) is 4.76 Å². The number of hydrogen-bond donors (Lipinski definition) is 0. The zero-order chi connectivity index (χ0) is 10.3. The second-order valence-corrected chi connectivity index (χ2v) is 5.21. The molecule has 0 heterocycles. The molecule has 0 atom stereocenters. The van der Waals surface area contributed by atoms with Crippen LogP contribution >= 0.6 is 30.3 Å². The van der Waals surface area contributed by atoms with Gasteiger partial charge in [-0.1, -0.05) is 22.6 Å². The smallest absolute Gasteiger partial charge is 0.365 e. The predicted octanol–water partition coefficient (Wildman–Crippen LogP) is 1.78. The lowest BCUT2D eigenvalue weighted by Crippen LogP contribution is -2.18. The summed E-state index contributed by atoms with van der Waals surface area (Å²) in [5, 5.41) is 0. The van der Waals surface area contributed by atoms with Crippen LogP contribution in [0.1, 0.15) is 0 Å². The molecule has 7 heteroatoms. The van der Waals surface area contributed by atoms with Crippen molar-refractivity contribution in [3.63, 3.8) is 0 Å². The Morgan fingerprint density at radius 2 is 2.08 bits per heavy atom. The van der Waals surface area contributed by atoms with Crippen LogP contribution in [0.15, 0.2) is 4.76 Å². The first kappa shape index (κ1) is 13.4. The van der Waals surface area contributed by atoms with Crippen molar-refractivity contribution in [2.45, 2.75) is 0 Å². The van der Waals surface area contributed by atoms with Crippen LogP contribution in [0.5, 0.6) is 0 Å². The van der Waals surface area contributed by atoms with Gasteiger partial charge in [0.1, 0.15) is 0 Å². The molecule has 0 saturated heterocycles. The zero-order valence-corrected chi connectivity index (χ0v) is 11.0. The topological polar surface area (TPSA) is 51.1 Å². The molecule has 0 unspecified atom stereocenters. The minimum Gasteiger partial charge on any atom is -0.365 e. The third-order valence-electron chi connectivity index (χ3n) is 1.29. The summed E-state index contributed by atoms with van der Waals surface area (Å²) in [4.78, 5) is 1.82. The fourth-order valence-electron chi connectivity index (χ4n) is 0.511. The summed E-state index contributed by atoms with van der Waals surface area (Å²) in [6.07, 6.45) is 1.46. The van der Waals surface area contributed by atoms with E-state index < -0.39 is 7.75 Å².